The summed E-state index contributed by atoms with van der Waals surface area (Å²) in [6.07, 6.45) is 0. The Morgan fingerprint density at radius 1 is 1.18 bits per heavy atom. The smallest absolute Gasteiger partial charge is 0.279 e. The first-order chi connectivity index (χ1) is 16.3. The summed E-state index contributed by atoms with van der Waals surface area (Å²) in [6, 6.07) is 9.65. The zero-order valence-corrected chi connectivity index (χ0v) is 21.4. The number of hydrogen-bond donors (Lipinski definition) is 0. The van der Waals surface area contributed by atoms with Crippen molar-refractivity contribution < 1.29 is 22.7 Å². The van der Waals surface area contributed by atoms with Gasteiger partial charge >= 0.3 is 0 Å². The van der Waals surface area contributed by atoms with E-state index in [-0.39, 0.29) is 4.90 Å². The van der Waals surface area contributed by atoms with Crippen molar-refractivity contribution in [3.8, 4) is 0 Å². The molecule has 8 nitrogen and oxygen atoms in total. The molecule has 0 spiro atoms. The number of nitrogens with zero attached hydrogens (tertiary/aromatic N) is 3. The van der Waals surface area contributed by atoms with Crippen LogP contribution < -0.4 is 4.80 Å². The molecule has 0 radical (unpaired) electrons. The van der Waals surface area contributed by atoms with Crippen LogP contribution in [-0.2, 0) is 26.0 Å². The molecular formula is C23H26ClN3O5S2. The first-order valence-corrected chi connectivity index (χ1v) is 13.6. The zero-order chi connectivity index (χ0) is 24.3. The molecular weight excluding hydrogens is 498 g/mol. The number of aryl methyl sites for hydroxylation is 1. The number of amides is 1. The molecule has 1 aliphatic rings. The van der Waals surface area contributed by atoms with Crippen LogP contribution in [0.2, 0.25) is 5.02 Å². The maximum absolute atomic E-state index is 13.0. The Morgan fingerprint density at radius 3 is 2.56 bits per heavy atom. The lowest BCUT2D eigenvalue weighted by Gasteiger charge is -2.26. The minimum atomic E-state index is -3.63. The van der Waals surface area contributed by atoms with E-state index in [1.807, 2.05) is 30.5 Å². The van der Waals surface area contributed by atoms with Gasteiger partial charge in [-0.3, -0.25) is 4.79 Å². The van der Waals surface area contributed by atoms with Crippen molar-refractivity contribution in [2.75, 3.05) is 39.5 Å². The SMILES string of the molecule is CCOCCn1c(=NC(=O)c2ccc(S(=O)(=O)N3CCOCC3)cc2)sc2ccc(Cl)c(C)c21. The van der Waals surface area contributed by atoms with Gasteiger partial charge in [0.25, 0.3) is 5.91 Å². The number of thiazole rings is 1. The molecule has 1 aliphatic heterocycles. The summed E-state index contributed by atoms with van der Waals surface area (Å²) < 4.78 is 40.7. The van der Waals surface area contributed by atoms with E-state index in [1.54, 1.807) is 0 Å². The van der Waals surface area contributed by atoms with E-state index < -0.39 is 15.9 Å². The largest absolute Gasteiger partial charge is 0.380 e. The maximum Gasteiger partial charge on any atom is 0.279 e. The van der Waals surface area contributed by atoms with Crippen LogP contribution in [0.25, 0.3) is 10.2 Å². The fraction of sp³-hybridized carbons (Fsp3) is 0.391. The lowest BCUT2D eigenvalue weighted by molar-refractivity contribution is 0.0730. The molecule has 1 saturated heterocycles. The predicted molar refractivity (Wildman–Crippen MR) is 132 cm³/mol. The summed E-state index contributed by atoms with van der Waals surface area (Å²) in [5.41, 5.74) is 2.15. The van der Waals surface area contributed by atoms with Crippen molar-refractivity contribution in [3.63, 3.8) is 0 Å². The van der Waals surface area contributed by atoms with Crippen molar-refractivity contribution in [3.05, 3.63) is 57.3 Å². The van der Waals surface area contributed by atoms with Gasteiger partial charge in [-0.2, -0.15) is 9.30 Å². The Morgan fingerprint density at radius 2 is 1.88 bits per heavy atom. The normalized spacial score (nSPS) is 15.8. The van der Waals surface area contributed by atoms with Crippen LogP contribution in [0.15, 0.2) is 46.3 Å². The highest BCUT2D eigenvalue weighted by atomic mass is 35.5. The van der Waals surface area contributed by atoms with Gasteiger partial charge in [0.15, 0.2) is 4.80 Å². The third-order valence-corrected chi connectivity index (χ3v) is 8.97. The van der Waals surface area contributed by atoms with Gasteiger partial charge in [0.1, 0.15) is 0 Å². The number of ether oxygens (including phenoxy) is 2. The van der Waals surface area contributed by atoms with Gasteiger partial charge in [-0.1, -0.05) is 22.9 Å². The molecule has 0 unspecified atom stereocenters. The van der Waals surface area contributed by atoms with Crippen molar-refractivity contribution in [1.82, 2.24) is 8.87 Å². The molecule has 1 amide bonds. The highest BCUT2D eigenvalue weighted by Crippen LogP contribution is 2.27. The number of morpholine rings is 1. The maximum atomic E-state index is 13.0. The summed E-state index contributed by atoms with van der Waals surface area (Å²) in [4.78, 5) is 18.0. The molecule has 0 atom stereocenters. The van der Waals surface area contributed by atoms with Crippen molar-refractivity contribution >= 4 is 49.1 Å². The Kier molecular flexibility index (Phi) is 7.86. The van der Waals surface area contributed by atoms with E-state index in [2.05, 4.69) is 4.99 Å². The highest BCUT2D eigenvalue weighted by molar-refractivity contribution is 7.89. The lowest BCUT2D eigenvalue weighted by atomic mass is 10.2. The Labute approximate surface area is 207 Å². The van der Waals surface area contributed by atoms with Gasteiger partial charge in [0.05, 0.1) is 34.9 Å². The molecule has 1 fully saturated rings. The van der Waals surface area contributed by atoms with Crippen molar-refractivity contribution in [2.45, 2.75) is 25.3 Å². The Bertz CT molecular complexity index is 1360. The number of hydrogen-bond acceptors (Lipinski definition) is 6. The first-order valence-electron chi connectivity index (χ1n) is 11.0. The van der Waals surface area contributed by atoms with E-state index in [1.165, 1.54) is 39.9 Å². The van der Waals surface area contributed by atoms with Crippen LogP contribution in [-0.4, -0.2) is 62.7 Å². The van der Waals surface area contributed by atoms with Crippen LogP contribution in [0.4, 0.5) is 0 Å². The van der Waals surface area contributed by atoms with Gasteiger partial charge in [-0.15, -0.1) is 0 Å². The second kappa shape index (κ2) is 10.7. The lowest BCUT2D eigenvalue weighted by Crippen LogP contribution is -2.40. The van der Waals surface area contributed by atoms with Crippen LogP contribution in [0, 0.1) is 6.92 Å². The molecule has 4 rings (SSSR count). The van der Waals surface area contributed by atoms with Crippen molar-refractivity contribution in [2.24, 2.45) is 4.99 Å². The van der Waals surface area contributed by atoms with Crippen LogP contribution in [0.3, 0.4) is 0 Å². The molecule has 34 heavy (non-hydrogen) atoms. The van der Waals surface area contributed by atoms with Crippen LogP contribution >= 0.6 is 22.9 Å². The van der Waals surface area contributed by atoms with Gasteiger partial charge in [-0.05, 0) is 55.8 Å². The number of aromatic nitrogens is 1. The third-order valence-electron chi connectivity index (χ3n) is 5.60. The average Bonchev–Trinajstić information content (AvgIpc) is 3.20. The summed E-state index contributed by atoms with van der Waals surface area (Å²) in [5.74, 6) is -0.448. The Balaban J connectivity index is 1.66. The van der Waals surface area contributed by atoms with Crippen molar-refractivity contribution in [1.29, 1.82) is 0 Å². The highest BCUT2D eigenvalue weighted by Gasteiger charge is 2.26. The number of sulfonamides is 1. The number of benzene rings is 2. The van der Waals surface area contributed by atoms with Gasteiger partial charge < -0.3 is 14.0 Å². The summed E-state index contributed by atoms with van der Waals surface area (Å²) >= 11 is 7.74. The summed E-state index contributed by atoms with van der Waals surface area (Å²) in [5, 5.41) is 0.644. The minimum absolute atomic E-state index is 0.143. The number of rotatable bonds is 7. The molecule has 182 valence electrons. The van der Waals surface area contributed by atoms with Gasteiger partial charge in [0.2, 0.25) is 10.0 Å². The molecule has 0 bridgehead atoms. The molecule has 2 heterocycles. The zero-order valence-electron chi connectivity index (χ0n) is 19.0. The molecule has 2 aromatic carbocycles. The second-order valence-corrected chi connectivity index (χ2v) is 11.1. The second-order valence-electron chi connectivity index (χ2n) is 7.71. The Hall–Kier alpha value is -2.08. The van der Waals surface area contributed by atoms with Gasteiger partial charge in [0, 0.05) is 36.8 Å². The topological polar surface area (TPSA) is 90.2 Å². The predicted octanol–water partition coefficient (Wildman–Crippen LogP) is 3.46. The molecule has 0 saturated carbocycles. The van der Waals surface area contributed by atoms with E-state index in [0.29, 0.717) is 61.4 Å². The summed E-state index contributed by atoms with van der Waals surface area (Å²) in [6.45, 7) is 6.83. The standard InChI is InChI=1S/C23H26ClN3O5S2/c1-3-31-15-12-27-21-16(2)19(24)8-9-20(21)33-23(27)25-22(28)17-4-6-18(7-5-17)34(29,30)26-10-13-32-14-11-26/h4-9H,3,10-15H2,1-2H3. The van der Waals surface area contributed by atoms with Gasteiger partial charge in [-0.25, -0.2) is 8.42 Å². The van der Waals surface area contributed by atoms with Crippen LogP contribution in [0.1, 0.15) is 22.8 Å². The fourth-order valence-corrected chi connectivity index (χ4v) is 6.44. The molecule has 0 aliphatic carbocycles. The number of carbonyl (C=O) groups is 1. The number of halogens is 1. The third kappa shape index (κ3) is 5.12. The summed E-state index contributed by atoms with van der Waals surface area (Å²) in [7, 11) is -3.63. The molecule has 1 aromatic heterocycles. The molecule has 11 heteroatoms. The van der Waals surface area contributed by atoms with E-state index in [9.17, 15) is 13.2 Å². The van der Waals surface area contributed by atoms with E-state index >= 15 is 0 Å². The molecule has 3 aromatic rings. The van der Waals surface area contributed by atoms with E-state index in [4.69, 9.17) is 21.1 Å². The first kappa shape index (κ1) is 25.0. The quantitative estimate of drug-likeness (QED) is 0.442. The van der Waals surface area contributed by atoms with E-state index in [0.717, 1.165) is 15.8 Å². The fourth-order valence-electron chi connectivity index (χ4n) is 3.77. The molecule has 0 N–H and O–H groups in total. The van der Waals surface area contributed by atoms with Crippen LogP contribution in [0.5, 0.6) is 0 Å². The monoisotopic (exact) mass is 523 g/mol. The number of fused-ring (bicyclic) bond motifs is 1. The average molecular weight is 524 g/mol. The number of carbonyl (C=O) groups excluding carboxylic acids is 1. The minimum Gasteiger partial charge on any atom is -0.380 e.